The average molecular weight is 452 g/mol. The van der Waals surface area contributed by atoms with Crippen LogP contribution in [0.3, 0.4) is 0 Å². The molecular weight excluding hydrogens is 432 g/mol. The van der Waals surface area contributed by atoms with Crippen molar-refractivity contribution in [2.24, 2.45) is 5.10 Å². The monoisotopic (exact) mass is 452 g/mol. The minimum atomic E-state index is -4.43. The van der Waals surface area contributed by atoms with Gasteiger partial charge in [-0.3, -0.25) is 19.2 Å². The van der Waals surface area contributed by atoms with E-state index in [1.807, 2.05) is 25.1 Å². The van der Waals surface area contributed by atoms with E-state index in [1.54, 1.807) is 24.3 Å². The molecule has 0 atom stereocenters. The highest BCUT2D eigenvalue weighted by molar-refractivity contribution is 7.93. The summed E-state index contributed by atoms with van der Waals surface area (Å²) in [4.78, 5) is 22.6. The molecule has 0 aromatic heterocycles. The molecule has 0 saturated carbocycles. The Balaban J connectivity index is 1.89. The molecule has 0 fully saturated rings. The van der Waals surface area contributed by atoms with Crippen molar-refractivity contribution >= 4 is 33.5 Å². The van der Waals surface area contributed by atoms with E-state index in [9.17, 15) is 23.3 Å². The predicted octanol–water partition coefficient (Wildman–Crippen LogP) is 3.25. The summed E-state index contributed by atoms with van der Waals surface area (Å²) in [5, 5.41) is 15.2. The SMILES string of the molecule is Cc1cccc(/C=N/NC(=O)CN(c2ccccc2)S(=O)(=O)c2ccccc2[N+](=O)[O-])c1. The number of benzene rings is 3. The number of hydrogen-bond acceptors (Lipinski definition) is 6. The fourth-order valence-electron chi connectivity index (χ4n) is 2.95. The first-order chi connectivity index (χ1) is 15.3. The largest absolute Gasteiger partial charge is 0.289 e. The van der Waals surface area contributed by atoms with Crippen LogP contribution in [0.5, 0.6) is 0 Å². The number of carbonyl (C=O) groups excluding carboxylic acids is 1. The van der Waals surface area contributed by atoms with E-state index >= 15 is 0 Å². The summed E-state index contributed by atoms with van der Waals surface area (Å²) in [5.41, 5.74) is 3.69. The van der Waals surface area contributed by atoms with Crippen LogP contribution in [0.4, 0.5) is 11.4 Å². The number of sulfonamides is 1. The van der Waals surface area contributed by atoms with Gasteiger partial charge in [0.05, 0.1) is 16.8 Å². The van der Waals surface area contributed by atoms with E-state index in [4.69, 9.17) is 0 Å². The van der Waals surface area contributed by atoms with Crippen LogP contribution in [0.2, 0.25) is 0 Å². The highest BCUT2D eigenvalue weighted by Gasteiger charge is 2.32. The Morgan fingerprint density at radius 3 is 2.44 bits per heavy atom. The van der Waals surface area contributed by atoms with E-state index in [0.717, 1.165) is 27.6 Å². The summed E-state index contributed by atoms with van der Waals surface area (Å²) in [7, 11) is -4.43. The molecule has 0 aliphatic rings. The van der Waals surface area contributed by atoms with Crippen molar-refractivity contribution < 1.29 is 18.1 Å². The molecule has 164 valence electrons. The summed E-state index contributed by atoms with van der Waals surface area (Å²) < 4.78 is 27.5. The van der Waals surface area contributed by atoms with Gasteiger partial charge in [0, 0.05) is 6.07 Å². The van der Waals surface area contributed by atoms with Gasteiger partial charge in [0.25, 0.3) is 21.6 Å². The standard InChI is InChI=1S/C22H20N4O5S/c1-17-8-7-9-18(14-17)15-23-24-22(27)16-25(19-10-3-2-4-11-19)32(30,31)21-13-6-5-12-20(21)26(28)29/h2-15H,16H2,1H3,(H,24,27)/b23-15+. The van der Waals surface area contributed by atoms with Crippen LogP contribution in [-0.4, -0.2) is 32.0 Å². The van der Waals surface area contributed by atoms with Crippen LogP contribution < -0.4 is 9.73 Å². The first-order valence-corrected chi connectivity index (χ1v) is 10.9. The van der Waals surface area contributed by atoms with Gasteiger partial charge in [-0.15, -0.1) is 0 Å². The smallest absolute Gasteiger partial charge is 0.271 e. The molecule has 0 bridgehead atoms. The highest BCUT2D eigenvalue weighted by atomic mass is 32.2. The first-order valence-electron chi connectivity index (χ1n) is 9.49. The zero-order chi connectivity index (χ0) is 23.1. The Labute approximate surface area is 185 Å². The predicted molar refractivity (Wildman–Crippen MR) is 121 cm³/mol. The fourth-order valence-corrected chi connectivity index (χ4v) is 4.53. The Morgan fingerprint density at radius 2 is 1.75 bits per heavy atom. The number of nitrogens with one attached hydrogen (secondary N) is 1. The molecule has 0 aliphatic heterocycles. The molecule has 0 saturated heterocycles. The first kappa shape index (κ1) is 22.6. The summed E-state index contributed by atoms with van der Waals surface area (Å²) in [6.07, 6.45) is 1.44. The number of anilines is 1. The van der Waals surface area contributed by atoms with Crippen LogP contribution in [0.1, 0.15) is 11.1 Å². The van der Waals surface area contributed by atoms with Crippen molar-refractivity contribution in [3.63, 3.8) is 0 Å². The summed E-state index contributed by atoms with van der Waals surface area (Å²) in [6.45, 7) is 1.30. The van der Waals surface area contributed by atoms with Gasteiger partial charge in [-0.2, -0.15) is 5.10 Å². The number of para-hydroxylation sites is 2. The number of carbonyl (C=O) groups is 1. The topological polar surface area (TPSA) is 122 Å². The van der Waals surface area contributed by atoms with Crippen LogP contribution >= 0.6 is 0 Å². The molecular formula is C22H20N4O5S. The van der Waals surface area contributed by atoms with Gasteiger partial charge in [-0.25, -0.2) is 13.8 Å². The van der Waals surface area contributed by atoms with Gasteiger partial charge in [0.2, 0.25) is 0 Å². The van der Waals surface area contributed by atoms with Gasteiger partial charge in [-0.05, 0) is 30.7 Å². The van der Waals surface area contributed by atoms with E-state index < -0.39 is 38.0 Å². The summed E-state index contributed by atoms with van der Waals surface area (Å²) >= 11 is 0. The molecule has 3 aromatic rings. The summed E-state index contributed by atoms with van der Waals surface area (Å²) in [5.74, 6) is -0.708. The van der Waals surface area contributed by atoms with Gasteiger partial charge >= 0.3 is 0 Å². The number of amides is 1. The quantitative estimate of drug-likeness (QED) is 0.319. The van der Waals surface area contributed by atoms with Crippen molar-refractivity contribution in [1.29, 1.82) is 0 Å². The minimum Gasteiger partial charge on any atom is -0.271 e. The summed E-state index contributed by atoms with van der Waals surface area (Å²) in [6, 6.07) is 20.3. The molecule has 1 amide bonds. The molecule has 0 radical (unpaired) electrons. The Morgan fingerprint density at radius 1 is 1.06 bits per heavy atom. The van der Waals surface area contributed by atoms with E-state index in [-0.39, 0.29) is 5.69 Å². The molecule has 0 heterocycles. The molecule has 3 rings (SSSR count). The maximum atomic E-state index is 13.3. The molecule has 32 heavy (non-hydrogen) atoms. The maximum Gasteiger partial charge on any atom is 0.289 e. The number of aryl methyl sites for hydroxylation is 1. The number of nitro benzene ring substituents is 1. The van der Waals surface area contributed by atoms with Gasteiger partial charge < -0.3 is 0 Å². The second kappa shape index (κ2) is 9.84. The van der Waals surface area contributed by atoms with Crippen molar-refractivity contribution in [2.45, 2.75) is 11.8 Å². The Bertz CT molecular complexity index is 1260. The number of nitrogens with zero attached hydrogens (tertiary/aromatic N) is 3. The Hall–Kier alpha value is -4.05. The minimum absolute atomic E-state index is 0.184. The Kier molecular flexibility index (Phi) is 6.96. The van der Waals surface area contributed by atoms with Crippen LogP contribution in [-0.2, 0) is 14.8 Å². The number of rotatable bonds is 8. The van der Waals surface area contributed by atoms with Crippen LogP contribution in [0.15, 0.2) is 88.9 Å². The maximum absolute atomic E-state index is 13.3. The van der Waals surface area contributed by atoms with Crippen LogP contribution in [0, 0.1) is 17.0 Å². The van der Waals surface area contributed by atoms with E-state index in [2.05, 4.69) is 10.5 Å². The molecule has 0 spiro atoms. The van der Waals surface area contributed by atoms with Gasteiger partial charge in [0.15, 0.2) is 4.90 Å². The highest BCUT2D eigenvalue weighted by Crippen LogP contribution is 2.29. The fraction of sp³-hybridized carbons (Fsp3) is 0.0909. The molecule has 0 aliphatic carbocycles. The van der Waals surface area contributed by atoms with Crippen molar-refractivity contribution in [3.8, 4) is 0 Å². The second-order valence-corrected chi connectivity index (χ2v) is 8.61. The van der Waals surface area contributed by atoms with Crippen molar-refractivity contribution in [3.05, 3.63) is 100 Å². The molecule has 1 N–H and O–H groups in total. The van der Waals surface area contributed by atoms with Gasteiger partial charge in [-0.1, -0.05) is 60.2 Å². The molecule has 3 aromatic carbocycles. The lowest BCUT2D eigenvalue weighted by atomic mass is 10.2. The third-order valence-corrected chi connectivity index (χ3v) is 6.23. The lowest BCUT2D eigenvalue weighted by molar-refractivity contribution is -0.387. The normalized spacial score (nSPS) is 11.3. The number of hydrazone groups is 1. The number of hydrogen-bond donors (Lipinski definition) is 1. The number of nitro groups is 1. The van der Waals surface area contributed by atoms with Crippen molar-refractivity contribution in [1.82, 2.24) is 5.43 Å². The van der Waals surface area contributed by atoms with Crippen LogP contribution in [0.25, 0.3) is 0 Å². The third-order valence-electron chi connectivity index (χ3n) is 4.41. The second-order valence-electron chi connectivity index (χ2n) is 6.78. The van der Waals surface area contributed by atoms with Crippen molar-refractivity contribution in [2.75, 3.05) is 10.8 Å². The zero-order valence-electron chi connectivity index (χ0n) is 17.1. The lowest BCUT2D eigenvalue weighted by Crippen LogP contribution is -2.39. The molecule has 0 unspecified atom stereocenters. The lowest BCUT2D eigenvalue weighted by Gasteiger charge is -2.23. The van der Waals surface area contributed by atoms with Gasteiger partial charge in [0.1, 0.15) is 6.54 Å². The van der Waals surface area contributed by atoms with E-state index in [0.29, 0.717) is 0 Å². The average Bonchev–Trinajstić information content (AvgIpc) is 2.78. The zero-order valence-corrected chi connectivity index (χ0v) is 17.9. The molecule has 10 heteroatoms. The van der Waals surface area contributed by atoms with E-state index in [1.165, 1.54) is 30.5 Å². The molecule has 9 nitrogen and oxygen atoms in total. The third kappa shape index (κ3) is 5.35.